The Morgan fingerprint density at radius 1 is 1.03 bits per heavy atom. The van der Waals surface area contributed by atoms with Gasteiger partial charge < -0.3 is 14.6 Å². The zero-order valence-electron chi connectivity index (χ0n) is 18.6. The molecule has 1 amide bonds. The third-order valence-electron chi connectivity index (χ3n) is 5.09. The van der Waals surface area contributed by atoms with Crippen LogP contribution in [-0.4, -0.2) is 51.4 Å². The van der Waals surface area contributed by atoms with Gasteiger partial charge in [-0.1, -0.05) is 18.2 Å². The summed E-state index contributed by atoms with van der Waals surface area (Å²) in [5, 5.41) is 13.0. The maximum Gasteiger partial charge on any atom is 0.336 e. The predicted octanol–water partition coefficient (Wildman–Crippen LogP) is 2.64. The molecule has 0 spiro atoms. The summed E-state index contributed by atoms with van der Waals surface area (Å²) in [6.07, 6.45) is 1.14. The van der Waals surface area contributed by atoms with E-state index in [0.29, 0.717) is 12.4 Å². The Morgan fingerprint density at radius 3 is 2.44 bits per heavy atom. The van der Waals surface area contributed by atoms with Crippen molar-refractivity contribution in [3.8, 4) is 11.5 Å². The lowest BCUT2D eigenvalue weighted by atomic mass is 10.1. The zero-order valence-corrected chi connectivity index (χ0v) is 19.4. The van der Waals surface area contributed by atoms with E-state index < -0.39 is 34.3 Å². The van der Waals surface area contributed by atoms with Gasteiger partial charge in [0.15, 0.2) is 11.5 Å². The summed E-state index contributed by atoms with van der Waals surface area (Å²) in [5.74, 6) is -1.93. The van der Waals surface area contributed by atoms with Gasteiger partial charge >= 0.3 is 5.97 Å². The van der Waals surface area contributed by atoms with E-state index in [0.717, 1.165) is 22.7 Å². The van der Waals surface area contributed by atoms with Gasteiger partial charge in [0.25, 0.3) is 15.9 Å². The molecule has 4 rings (SSSR count). The molecule has 0 aliphatic carbocycles. The molecule has 1 aliphatic heterocycles. The third-order valence-corrected chi connectivity index (χ3v) is 6.86. The molecule has 12 heteroatoms. The van der Waals surface area contributed by atoms with Crippen LogP contribution in [0.2, 0.25) is 0 Å². The van der Waals surface area contributed by atoms with Crippen molar-refractivity contribution in [1.29, 1.82) is 0 Å². The Morgan fingerprint density at radius 2 is 1.72 bits per heavy atom. The van der Waals surface area contributed by atoms with Gasteiger partial charge in [0.2, 0.25) is 0 Å². The SMILES string of the molecule is O=C(CN(c1ccc(F)cc1)S(=O)(=O)c1ccc2c(c1)OCCO2)N/N=C\c1ccccc1C(=O)O. The minimum Gasteiger partial charge on any atom is -0.486 e. The second-order valence-corrected chi connectivity index (χ2v) is 9.34. The smallest absolute Gasteiger partial charge is 0.336 e. The Bertz CT molecular complexity index is 1430. The number of carbonyl (C=O) groups excluding carboxylic acids is 1. The number of amides is 1. The summed E-state index contributed by atoms with van der Waals surface area (Å²) >= 11 is 0. The van der Waals surface area contributed by atoms with Crippen molar-refractivity contribution >= 4 is 33.8 Å². The van der Waals surface area contributed by atoms with Crippen LogP contribution in [0.15, 0.2) is 76.7 Å². The minimum atomic E-state index is -4.31. The van der Waals surface area contributed by atoms with Gasteiger partial charge in [-0.05, 0) is 42.5 Å². The van der Waals surface area contributed by atoms with Crippen molar-refractivity contribution in [3.05, 3.63) is 83.7 Å². The number of hydrazone groups is 1. The highest BCUT2D eigenvalue weighted by Gasteiger charge is 2.29. The van der Waals surface area contributed by atoms with Crippen molar-refractivity contribution in [2.75, 3.05) is 24.1 Å². The number of anilines is 1. The summed E-state index contributed by atoms with van der Waals surface area (Å²) in [7, 11) is -4.31. The Balaban J connectivity index is 1.59. The first-order chi connectivity index (χ1) is 17.3. The van der Waals surface area contributed by atoms with Gasteiger partial charge in [-0.3, -0.25) is 9.10 Å². The number of hydrogen-bond acceptors (Lipinski definition) is 7. The van der Waals surface area contributed by atoms with Crippen molar-refractivity contribution in [3.63, 3.8) is 0 Å². The molecule has 10 nitrogen and oxygen atoms in total. The van der Waals surface area contributed by atoms with E-state index >= 15 is 0 Å². The van der Waals surface area contributed by atoms with Crippen molar-refractivity contribution < 1.29 is 37.0 Å². The quantitative estimate of drug-likeness (QED) is 0.349. The average molecular weight is 514 g/mol. The summed E-state index contributed by atoms with van der Waals surface area (Å²) in [4.78, 5) is 23.8. The van der Waals surface area contributed by atoms with Crippen LogP contribution < -0.4 is 19.2 Å². The molecule has 0 saturated carbocycles. The van der Waals surface area contributed by atoms with Crippen LogP contribution in [0.4, 0.5) is 10.1 Å². The molecule has 0 saturated heterocycles. The highest BCUT2D eigenvalue weighted by Crippen LogP contribution is 2.34. The number of carboxylic acid groups (broad SMARTS) is 1. The number of nitrogens with zero attached hydrogens (tertiary/aromatic N) is 2. The van der Waals surface area contributed by atoms with Crippen LogP contribution >= 0.6 is 0 Å². The normalized spacial score (nSPS) is 12.8. The standard InChI is InChI=1S/C24H20FN3O7S/c25-17-5-7-18(8-6-17)28(36(32,33)19-9-10-21-22(13-19)35-12-11-34-21)15-23(29)27-26-14-16-3-1-2-4-20(16)24(30)31/h1-10,13-14H,11-12,15H2,(H,27,29)(H,30,31)/b26-14-. The van der Waals surface area contributed by atoms with E-state index in [1.54, 1.807) is 12.1 Å². The van der Waals surface area contributed by atoms with Crippen LogP contribution in [0.25, 0.3) is 0 Å². The Hall–Kier alpha value is -4.45. The maximum absolute atomic E-state index is 13.5. The molecular weight excluding hydrogens is 493 g/mol. The van der Waals surface area contributed by atoms with Crippen molar-refractivity contribution in [1.82, 2.24) is 5.43 Å². The minimum absolute atomic E-state index is 0.0235. The largest absolute Gasteiger partial charge is 0.486 e. The molecule has 0 fully saturated rings. The van der Waals surface area contributed by atoms with Gasteiger partial charge in [-0.2, -0.15) is 5.10 Å². The van der Waals surface area contributed by atoms with E-state index in [2.05, 4.69) is 10.5 Å². The fourth-order valence-corrected chi connectivity index (χ4v) is 4.81. The van der Waals surface area contributed by atoms with Crippen LogP contribution in [0.3, 0.4) is 0 Å². The first-order valence-electron chi connectivity index (χ1n) is 10.6. The number of hydrogen-bond donors (Lipinski definition) is 2. The molecule has 0 aromatic heterocycles. The van der Waals surface area contributed by atoms with E-state index in [-0.39, 0.29) is 34.1 Å². The summed E-state index contributed by atoms with van der Waals surface area (Å²) < 4.78 is 52.2. The second kappa shape index (κ2) is 10.4. The van der Waals surface area contributed by atoms with E-state index in [1.165, 1.54) is 42.5 Å². The van der Waals surface area contributed by atoms with Crippen molar-refractivity contribution in [2.45, 2.75) is 4.90 Å². The number of sulfonamides is 1. The monoisotopic (exact) mass is 513 g/mol. The molecule has 3 aromatic rings. The van der Waals surface area contributed by atoms with Crippen LogP contribution in [0, 0.1) is 5.82 Å². The molecule has 3 aromatic carbocycles. The molecule has 0 radical (unpaired) electrons. The lowest BCUT2D eigenvalue weighted by molar-refractivity contribution is -0.119. The molecule has 1 aliphatic rings. The highest BCUT2D eigenvalue weighted by atomic mass is 32.2. The number of halogens is 1. The fourth-order valence-electron chi connectivity index (χ4n) is 3.38. The fraction of sp³-hybridized carbons (Fsp3) is 0.125. The Kier molecular flexibility index (Phi) is 7.15. The topological polar surface area (TPSA) is 135 Å². The maximum atomic E-state index is 13.5. The van der Waals surface area contributed by atoms with Gasteiger partial charge in [0.1, 0.15) is 25.6 Å². The van der Waals surface area contributed by atoms with Crippen LogP contribution in [-0.2, 0) is 14.8 Å². The first kappa shape index (κ1) is 24.7. The average Bonchev–Trinajstić information content (AvgIpc) is 2.87. The summed E-state index contributed by atoms with van der Waals surface area (Å²) in [6.45, 7) is -0.109. The second-order valence-electron chi connectivity index (χ2n) is 7.48. The summed E-state index contributed by atoms with van der Waals surface area (Å²) in [5.41, 5.74) is 2.46. The Labute approximate surface area is 205 Å². The third kappa shape index (κ3) is 5.44. The number of ether oxygens (including phenoxy) is 2. The van der Waals surface area contributed by atoms with Gasteiger partial charge in [0.05, 0.1) is 22.4 Å². The molecule has 1 heterocycles. The lowest BCUT2D eigenvalue weighted by Crippen LogP contribution is -2.39. The van der Waals surface area contributed by atoms with E-state index in [9.17, 15) is 27.5 Å². The molecule has 0 unspecified atom stereocenters. The molecule has 0 atom stereocenters. The number of fused-ring (bicyclic) bond motifs is 1. The van der Waals surface area contributed by atoms with Crippen LogP contribution in [0.5, 0.6) is 11.5 Å². The highest BCUT2D eigenvalue weighted by molar-refractivity contribution is 7.92. The zero-order chi connectivity index (χ0) is 25.7. The van der Waals surface area contributed by atoms with E-state index in [1.807, 2.05) is 0 Å². The number of carbonyl (C=O) groups is 2. The van der Waals surface area contributed by atoms with Gasteiger partial charge in [-0.25, -0.2) is 23.0 Å². The molecule has 0 bridgehead atoms. The molecule has 186 valence electrons. The number of carboxylic acids is 1. The number of benzene rings is 3. The van der Waals surface area contributed by atoms with Crippen molar-refractivity contribution in [2.24, 2.45) is 5.10 Å². The molecular formula is C24H20FN3O7S. The van der Waals surface area contributed by atoms with Crippen LogP contribution in [0.1, 0.15) is 15.9 Å². The van der Waals surface area contributed by atoms with E-state index in [4.69, 9.17) is 9.47 Å². The lowest BCUT2D eigenvalue weighted by Gasteiger charge is -2.25. The predicted molar refractivity (Wildman–Crippen MR) is 128 cm³/mol. The van der Waals surface area contributed by atoms with Gasteiger partial charge in [-0.15, -0.1) is 0 Å². The number of rotatable bonds is 8. The number of nitrogens with one attached hydrogen (secondary N) is 1. The molecule has 2 N–H and O–H groups in total. The summed E-state index contributed by atoms with van der Waals surface area (Å²) in [6, 6.07) is 14.7. The number of aromatic carboxylic acids is 1. The van der Waals surface area contributed by atoms with Gasteiger partial charge in [0, 0.05) is 11.6 Å². The first-order valence-corrected chi connectivity index (χ1v) is 12.0. The molecule has 36 heavy (non-hydrogen) atoms.